The number of carbonyl (C=O) groups excluding carboxylic acids is 2. The Hall–Kier alpha value is -2.88. The fourth-order valence-electron chi connectivity index (χ4n) is 4.78. The molecule has 0 amide bonds. The predicted octanol–water partition coefficient (Wildman–Crippen LogP) is 6.06. The average Bonchev–Trinajstić information content (AvgIpc) is 3.04. The number of Topliss-reactive ketones (excluding diaryl/α,β-unsaturated/α-hetero) is 2. The Morgan fingerprint density at radius 2 is 1.77 bits per heavy atom. The highest BCUT2D eigenvalue weighted by molar-refractivity contribution is 6.01. The third-order valence-electron chi connectivity index (χ3n) is 6.23. The SMILES string of the molecule is CC(=O)COc1ccccc1-c1c(C2CCCCC2)c2ccc(C(C)=O)cc2n1C. The smallest absolute Gasteiger partial charge is 0.167 e. The molecule has 1 heterocycles. The van der Waals surface area contributed by atoms with Crippen LogP contribution in [-0.4, -0.2) is 22.7 Å². The van der Waals surface area contributed by atoms with Gasteiger partial charge in [0.15, 0.2) is 11.6 Å². The molecule has 1 fully saturated rings. The Morgan fingerprint density at radius 3 is 2.47 bits per heavy atom. The summed E-state index contributed by atoms with van der Waals surface area (Å²) in [5.74, 6) is 1.29. The molecule has 0 spiro atoms. The maximum Gasteiger partial charge on any atom is 0.167 e. The first-order chi connectivity index (χ1) is 14.5. The molecule has 1 aromatic heterocycles. The van der Waals surface area contributed by atoms with Crippen LogP contribution >= 0.6 is 0 Å². The number of ketones is 2. The molecule has 1 saturated carbocycles. The highest BCUT2D eigenvalue weighted by Crippen LogP contribution is 2.45. The molecule has 0 aliphatic heterocycles. The molecule has 0 unspecified atom stereocenters. The van der Waals surface area contributed by atoms with Gasteiger partial charge in [-0.05, 0) is 56.4 Å². The highest BCUT2D eigenvalue weighted by Gasteiger charge is 2.27. The van der Waals surface area contributed by atoms with E-state index in [2.05, 4.69) is 23.7 Å². The van der Waals surface area contributed by atoms with Gasteiger partial charge in [0.2, 0.25) is 0 Å². The molecule has 0 radical (unpaired) electrons. The van der Waals surface area contributed by atoms with E-state index in [0.29, 0.717) is 5.92 Å². The van der Waals surface area contributed by atoms with Crippen LogP contribution in [-0.2, 0) is 11.8 Å². The van der Waals surface area contributed by atoms with Gasteiger partial charge in [0.1, 0.15) is 12.4 Å². The van der Waals surface area contributed by atoms with Crippen LogP contribution in [0.25, 0.3) is 22.2 Å². The second-order valence-corrected chi connectivity index (χ2v) is 8.43. The number of aromatic nitrogens is 1. The van der Waals surface area contributed by atoms with Crippen LogP contribution in [0.5, 0.6) is 5.75 Å². The quantitative estimate of drug-likeness (QED) is 0.470. The number of hydrogen-bond acceptors (Lipinski definition) is 3. The van der Waals surface area contributed by atoms with Gasteiger partial charge in [-0.3, -0.25) is 9.59 Å². The van der Waals surface area contributed by atoms with Crippen LogP contribution in [0.4, 0.5) is 0 Å². The standard InChI is InChI=1S/C26H29NO3/c1-17(28)16-30-24-12-8-7-11-22(24)26-25(19-9-5-4-6-10-19)21-14-13-20(18(2)29)15-23(21)27(26)3/h7-8,11-15,19H,4-6,9-10,16H2,1-3H3. The zero-order chi connectivity index (χ0) is 21.3. The van der Waals surface area contributed by atoms with E-state index < -0.39 is 0 Å². The molecule has 0 saturated heterocycles. The number of rotatable bonds is 6. The largest absolute Gasteiger partial charge is 0.485 e. The number of fused-ring (bicyclic) bond motifs is 1. The van der Waals surface area contributed by atoms with Crippen molar-refractivity contribution in [2.75, 3.05) is 6.61 Å². The lowest BCUT2D eigenvalue weighted by Crippen LogP contribution is -2.09. The number of para-hydroxylation sites is 1. The summed E-state index contributed by atoms with van der Waals surface area (Å²) < 4.78 is 8.09. The Kier molecular flexibility index (Phi) is 5.76. The lowest BCUT2D eigenvalue weighted by atomic mass is 9.81. The summed E-state index contributed by atoms with van der Waals surface area (Å²) in [4.78, 5) is 23.5. The van der Waals surface area contributed by atoms with E-state index in [1.807, 2.05) is 30.3 Å². The van der Waals surface area contributed by atoms with E-state index in [4.69, 9.17) is 4.74 Å². The second kappa shape index (κ2) is 8.47. The average molecular weight is 404 g/mol. The molecule has 30 heavy (non-hydrogen) atoms. The Balaban J connectivity index is 1.95. The van der Waals surface area contributed by atoms with E-state index in [1.54, 1.807) is 6.92 Å². The van der Waals surface area contributed by atoms with Gasteiger partial charge in [0, 0.05) is 29.1 Å². The van der Waals surface area contributed by atoms with Gasteiger partial charge in [-0.2, -0.15) is 0 Å². The molecule has 0 N–H and O–H groups in total. The number of aryl methyl sites for hydroxylation is 1. The van der Waals surface area contributed by atoms with E-state index in [9.17, 15) is 9.59 Å². The Bertz CT molecular complexity index is 1100. The van der Waals surface area contributed by atoms with E-state index >= 15 is 0 Å². The minimum atomic E-state index is 0.000416. The molecule has 4 heteroatoms. The summed E-state index contributed by atoms with van der Waals surface area (Å²) >= 11 is 0. The topological polar surface area (TPSA) is 48.3 Å². The third kappa shape index (κ3) is 3.79. The molecule has 1 aliphatic rings. The first-order valence-electron chi connectivity index (χ1n) is 10.8. The summed E-state index contributed by atoms with van der Waals surface area (Å²) in [5, 5.41) is 1.21. The molecule has 2 aromatic carbocycles. The van der Waals surface area contributed by atoms with Gasteiger partial charge in [-0.1, -0.05) is 43.5 Å². The minimum absolute atomic E-state index is 0.000416. The third-order valence-corrected chi connectivity index (χ3v) is 6.23. The van der Waals surface area contributed by atoms with Gasteiger partial charge in [0.05, 0.1) is 5.69 Å². The summed E-state index contributed by atoms with van der Waals surface area (Å²) in [6.07, 6.45) is 6.14. The van der Waals surface area contributed by atoms with Crippen molar-refractivity contribution in [1.82, 2.24) is 4.57 Å². The maximum absolute atomic E-state index is 12.0. The van der Waals surface area contributed by atoms with Crippen molar-refractivity contribution in [3.63, 3.8) is 0 Å². The fraction of sp³-hybridized carbons (Fsp3) is 0.385. The Labute approximate surface area is 177 Å². The van der Waals surface area contributed by atoms with Gasteiger partial charge in [-0.15, -0.1) is 0 Å². The summed E-state index contributed by atoms with van der Waals surface area (Å²) in [5.41, 5.74) is 5.28. The second-order valence-electron chi connectivity index (χ2n) is 8.43. The summed E-state index contributed by atoms with van der Waals surface area (Å²) in [6.45, 7) is 3.21. The number of nitrogens with zero attached hydrogens (tertiary/aromatic N) is 1. The van der Waals surface area contributed by atoms with Crippen molar-refractivity contribution < 1.29 is 14.3 Å². The van der Waals surface area contributed by atoms with Crippen LogP contribution in [0.2, 0.25) is 0 Å². The lowest BCUT2D eigenvalue weighted by Gasteiger charge is -2.24. The number of ether oxygens (including phenoxy) is 1. The zero-order valence-electron chi connectivity index (χ0n) is 18.0. The van der Waals surface area contributed by atoms with Crippen LogP contribution in [0.15, 0.2) is 42.5 Å². The fourth-order valence-corrected chi connectivity index (χ4v) is 4.78. The van der Waals surface area contributed by atoms with Gasteiger partial charge in [-0.25, -0.2) is 0 Å². The van der Waals surface area contributed by atoms with Crippen molar-refractivity contribution in [2.24, 2.45) is 7.05 Å². The number of benzene rings is 2. The molecule has 4 nitrogen and oxygen atoms in total. The molecule has 0 bridgehead atoms. The first kappa shape index (κ1) is 20.4. The van der Waals surface area contributed by atoms with Crippen LogP contribution in [0, 0.1) is 0 Å². The van der Waals surface area contributed by atoms with Crippen LogP contribution in [0.3, 0.4) is 0 Å². The monoisotopic (exact) mass is 403 g/mol. The van der Waals surface area contributed by atoms with Gasteiger partial charge in [0.25, 0.3) is 0 Å². The Morgan fingerprint density at radius 1 is 1.03 bits per heavy atom. The molecule has 156 valence electrons. The minimum Gasteiger partial charge on any atom is -0.485 e. The van der Waals surface area contributed by atoms with E-state index in [-0.39, 0.29) is 18.2 Å². The lowest BCUT2D eigenvalue weighted by molar-refractivity contribution is -0.118. The van der Waals surface area contributed by atoms with E-state index in [0.717, 1.165) is 28.1 Å². The molecule has 4 rings (SSSR count). The van der Waals surface area contributed by atoms with Crippen molar-refractivity contribution in [1.29, 1.82) is 0 Å². The molecule has 1 aliphatic carbocycles. The maximum atomic E-state index is 12.0. The molecular weight excluding hydrogens is 374 g/mol. The van der Waals surface area contributed by atoms with Crippen molar-refractivity contribution >= 4 is 22.5 Å². The number of carbonyl (C=O) groups is 2. The van der Waals surface area contributed by atoms with Crippen molar-refractivity contribution in [3.05, 3.63) is 53.6 Å². The van der Waals surface area contributed by atoms with E-state index in [1.165, 1.54) is 50.0 Å². The predicted molar refractivity (Wildman–Crippen MR) is 120 cm³/mol. The zero-order valence-corrected chi connectivity index (χ0v) is 18.0. The molecule has 0 atom stereocenters. The molecular formula is C26H29NO3. The van der Waals surface area contributed by atoms with Crippen LogP contribution in [0.1, 0.15) is 67.8 Å². The van der Waals surface area contributed by atoms with Crippen LogP contribution < -0.4 is 4.74 Å². The first-order valence-corrected chi connectivity index (χ1v) is 10.8. The van der Waals surface area contributed by atoms with Crippen molar-refractivity contribution in [2.45, 2.75) is 51.9 Å². The summed E-state index contributed by atoms with van der Waals surface area (Å²) in [6, 6.07) is 14.0. The van der Waals surface area contributed by atoms with Gasteiger partial charge < -0.3 is 9.30 Å². The highest BCUT2D eigenvalue weighted by atomic mass is 16.5. The molecule has 3 aromatic rings. The normalized spacial score (nSPS) is 14.8. The number of hydrogen-bond donors (Lipinski definition) is 0. The van der Waals surface area contributed by atoms with Crippen molar-refractivity contribution in [3.8, 4) is 17.0 Å². The summed E-state index contributed by atoms with van der Waals surface area (Å²) in [7, 11) is 2.07. The van der Waals surface area contributed by atoms with Gasteiger partial charge >= 0.3 is 0 Å².